The van der Waals surface area contributed by atoms with Crippen LogP contribution >= 0.6 is 0 Å². The molecule has 0 radical (unpaired) electrons. The van der Waals surface area contributed by atoms with Gasteiger partial charge in [0.15, 0.2) is 0 Å². The second-order valence-corrected chi connectivity index (χ2v) is 6.84. The van der Waals surface area contributed by atoms with Gasteiger partial charge in [-0.25, -0.2) is 9.37 Å². The summed E-state index contributed by atoms with van der Waals surface area (Å²) in [5, 5.41) is 6.84. The highest BCUT2D eigenvalue weighted by molar-refractivity contribution is 5.88. The van der Waals surface area contributed by atoms with Crippen LogP contribution in [0.5, 0.6) is 0 Å². The number of carbonyl (C=O) groups is 1. The van der Waals surface area contributed by atoms with Crippen molar-refractivity contribution in [3.8, 4) is 11.3 Å². The van der Waals surface area contributed by atoms with Gasteiger partial charge in [-0.3, -0.25) is 14.2 Å². The lowest BCUT2D eigenvalue weighted by Crippen LogP contribution is -2.32. The first-order valence-corrected chi connectivity index (χ1v) is 9.50. The van der Waals surface area contributed by atoms with Crippen LogP contribution in [-0.2, 0) is 24.3 Å². The van der Waals surface area contributed by atoms with Crippen LogP contribution in [0.15, 0.2) is 64.2 Å². The van der Waals surface area contributed by atoms with E-state index in [9.17, 15) is 14.0 Å². The Morgan fingerprint density at radius 2 is 1.80 bits per heavy atom. The van der Waals surface area contributed by atoms with Crippen LogP contribution in [0.2, 0.25) is 0 Å². The van der Waals surface area contributed by atoms with Crippen molar-refractivity contribution >= 4 is 17.0 Å². The van der Waals surface area contributed by atoms with Crippen molar-refractivity contribution < 1.29 is 13.7 Å². The van der Waals surface area contributed by atoms with Crippen molar-refractivity contribution in [3.05, 3.63) is 82.2 Å². The van der Waals surface area contributed by atoms with Crippen LogP contribution in [0.25, 0.3) is 22.4 Å². The molecule has 0 atom stereocenters. The lowest BCUT2D eigenvalue weighted by atomic mass is 10.1. The summed E-state index contributed by atoms with van der Waals surface area (Å²) in [5.74, 6) is -0.722. The Kier molecular flexibility index (Phi) is 5.38. The van der Waals surface area contributed by atoms with Crippen LogP contribution in [-0.4, -0.2) is 20.6 Å². The minimum absolute atomic E-state index is 0.0620. The smallest absolute Gasteiger partial charge is 0.267 e. The first-order chi connectivity index (χ1) is 14.5. The summed E-state index contributed by atoms with van der Waals surface area (Å²) >= 11 is 0. The van der Waals surface area contributed by atoms with Gasteiger partial charge in [0.1, 0.15) is 29.8 Å². The van der Waals surface area contributed by atoms with E-state index in [4.69, 9.17) is 4.52 Å². The van der Waals surface area contributed by atoms with Gasteiger partial charge in [-0.15, -0.1) is 0 Å². The average Bonchev–Trinajstić information content (AvgIpc) is 3.20. The topological polar surface area (TPSA) is 90.0 Å². The van der Waals surface area contributed by atoms with E-state index in [0.717, 1.165) is 12.0 Å². The number of benzene rings is 2. The zero-order valence-corrected chi connectivity index (χ0v) is 16.3. The standard InChI is InChI=1S/C22H19FN4O3/c1-2-14-3-5-15(6-4-14)11-24-18(28)12-27-13-25-21-19(22(27)29)20(26-30-21)16-7-9-17(23)10-8-16/h3-10,13H,2,11-12H2,1H3,(H,24,28). The minimum Gasteiger partial charge on any atom is -0.350 e. The predicted molar refractivity (Wildman–Crippen MR) is 109 cm³/mol. The summed E-state index contributed by atoms with van der Waals surface area (Å²) in [4.78, 5) is 29.3. The Bertz CT molecular complexity index is 1240. The lowest BCUT2D eigenvalue weighted by Gasteiger charge is -2.08. The first kappa shape index (κ1) is 19.5. The molecule has 30 heavy (non-hydrogen) atoms. The number of nitrogens with one attached hydrogen (secondary N) is 1. The molecule has 7 nitrogen and oxygen atoms in total. The van der Waals surface area contributed by atoms with Gasteiger partial charge in [-0.2, -0.15) is 0 Å². The van der Waals surface area contributed by atoms with Crippen LogP contribution in [0.1, 0.15) is 18.1 Å². The van der Waals surface area contributed by atoms with Crippen molar-refractivity contribution in [3.63, 3.8) is 0 Å². The molecule has 2 aromatic heterocycles. The molecular formula is C22H19FN4O3. The maximum absolute atomic E-state index is 13.2. The number of aromatic nitrogens is 3. The summed E-state index contributed by atoms with van der Waals surface area (Å²) in [6.45, 7) is 2.25. The molecule has 4 rings (SSSR count). The molecule has 8 heteroatoms. The van der Waals surface area contributed by atoms with Crippen LogP contribution in [0, 0.1) is 5.82 Å². The fourth-order valence-corrected chi connectivity index (χ4v) is 3.10. The molecule has 0 spiro atoms. The Hall–Kier alpha value is -3.81. The van der Waals surface area contributed by atoms with Gasteiger partial charge in [-0.1, -0.05) is 36.3 Å². The number of carbonyl (C=O) groups excluding carboxylic acids is 1. The zero-order valence-electron chi connectivity index (χ0n) is 16.3. The summed E-state index contributed by atoms with van der Waals surface area (Å²) in [6.07, 6.45) is 2.20. The van der Waals surface area contributed by atoms with Crippen molar-refractivity contribution in [2.45, 2.75) is 26.4 Å². The highest BCUT2D eigenvalue weighted by Crippen LogP contribution is 2.24. The second kappa shape index (κ2) is 8.28. The van der Waals surface area contributed by atoms with Gasteiger partial charge in [0.05, 0.1) is 0 Å². The minimum atomic E-state index is -0.456. The van der Waals surface area contributed by atoms with Gasteiger partial charge in [0.2, 0.25) is 5.91 Å². The Labute approximate surface area is 171 Å². The van der Waals surface area contributed by atoms with Gasteiger partial charge in [0, 0.05) is 12.1 Å². The van der Waals surface area contributed by atoms with Crippen molar-refractivity contribution in [1.82, 2.24) is 20.0 Å². The number of hydrogen-bond donors (Lipinski definition) is 1. The van der Waals surface area contributed by atoms with E-state index in [1.807, 2.05) is 24.3 Å². The Morgan fingerprint density at radius 3 is 2.50 bits per heavy atom. The monoisotopic (exact) mass is 406 g/mol. The van der Waals surface area contributed by atoms with Gasteiger partial charge in [-0.05, 0) is 41.8 Å². The number of hydrogen-bond acceptors (Lipinski definition) is 5. The van der Waals surface area contributed by atoms with E-state index >= 15 is 0 Å². The number of aryl methyl sites for hydroxylation is 1. The van der Waals surface area contributed by atoms with Crippen LogP contribution in [0.3, 0.4) is 0 Å². The van der Waals surface area contributed by atoms with Crippen LogP contribution in [0.4, 0.5) is 4.39 Å². The molecule has 2 aromatic carbocycles. The third kappa shape index (κ3) is 3.98. The van der Waals surface area contributed by atoms with Gasteiger partial charge >= 0.3 is 0 Å². The third-order valence-electron chi connectivity index (χ3n) is 4.82. The Balaban J connectivity index is 1.53. The molecule has 0 saturated carbocycles. The molecule has 2 heterocycles. The number of amides is 1. The number of rotatable bonds is 6. The molecule has 0 aliphatic carbocycles. The summed E-state index contributed by atoms with van der Waals surface area (Å²) in [6, 6.07) is 13.5. The van der Waals surface area contributed by atoms with Crippen LogP contribution < -0.4 is 10.9 Å². The van der Waals surface area contributed by atoms with E-state index in [2.05, 4.69) is 22.4 Å². The van der Waals surface area contributed by atoms with Crippen molar-refractivity contribution in [1.29, 1.82) is 0 Å². The Morgan fingerprint density at radius 1 is 1.10 bits per heavy atom. The molecule has 0 saturated heterocycles. The second-order valence-electron chi connectivity index (χ2n) is 6.84. The zero-order chi connectivity index (χ0) is 21.1. The fraction of sp³-hybridized carbons (Fsp3) is 0.182. The average molecular weight is 406 g/mol. The van der Waals surface area contributed by atoms with Crippen molar-refractivity contribution in [2.75, 3.05) is 0 Å². The molecule has 1 amide bonds. The van der Waals surface area contributed by atoms with E-state index in [1.165, 1.54) is 40.7 Å². The molecule has 4 aromatic rings. The molecule has 152 valence electrons. The lowest BCUT2D eigenvalue weighted by molar-refractivity contribution is -0.121. The highest BCUT2D eigenvalue weighted by Gasteiger charge is 2.18. The molecule has 0 aliphatic rings. The summed E-state index contributed by atoms with van der Waals surface area (Å²) < 4.78 is 19.5. The predicted octanol–water partition coefficient (Wildman–Crippen LogP) is 3.07. The molecular weight excluding hydrogens is 387 g/mol. The maximum Gasteiger partial charge on any atom is 0.267 e. The fourth-order valence-electron chi connectivity index (χ4n) is 3.10. The van der Waals surface area contributed by atoms with Gasteiger partial charge in [0.25, 0.3) is 11.3 Å². The molecule has 0 bridgehead atoms. The number of fused-ring (bicyclic) bond motifs is 1. The van der Waals surface area contributed by atoms with E-state index in [1.54, 1.807) is 0 Å². The number of nitrogens with zero attached hydrogens (tertiary/aromatic N) is 3. The molecule has 1 N–H and O–H groups in total. The molecule has 0 aliphatic heterocycles. The van der Waals surface area contributed by atoms with E-state index < -0.39 is 11.4 Å². The normalized spacial score (nSPS) is 11.0. The largest absolute Gasteiger partial charge is 0.350 e. The van der Waals surface area contributed by atoms with Gasteiger partial charge < -0.3 is 9.84 Å². The molecule has 0 unspecified atom stereocenters. The number of halogens is 1. The first-order valence-electron chi connectivity index (χ1n) is 9.50. The highest BCUT2D eigenvalue weighted by atomic mass is 19.1. The summed E-state index contributed by atoms with van der Waals surface area (Å²) in [7, 11) is 0. The molecule has 0 fully saturated rings. The van der Waals surface area contributed by atoms with E-state index in [-0.39, 0.29) is 29.2 Å². The van der Waals surface area contributed by atoms with E-state index in [0.29, 0.717) is 12.1 Å². The van der Waals surface area contributed by atoms with Crippen molar-refractivity contribution in [2.24, 2.45) is 0 Å². The third-order valence-corrected chi connectivity index (χ3v) is 4.82. The maximum atomic E-state index is 13.2. The SMILES string of the molecule is CCc1ccc(CNC(=O)Cn2cnc3onc(-c4ccc(F)cc4)c3c2=O)cc1. The quantitative estimate of drug-likeness (QED) is 0.532. The summed E-state index contributed by atoms with van der Waals surface area (Å²) in [5.41, 5.74) is 2.58.